The third kappa shape index (κ3) is 6.12. The lowest BCUT2D eigenvalue weighted by Gasteiger charge is -2.13. The smallest absolute Gasteiger partial charge is 0.277 e. The molecular weight excluding hydrogens is 382 g/mol. The normalized spacial score (nSPS) is 11.9. The highest BCUT2D eigenvalue weighted by Crippen LogP contribution is 2.24. The minimum atomic E-state index is -0.0493. The van der Waals surface area contributed by atoms with Gasteiger partial charge in [0.25, 0.3) is 5.22 Å². The number of hydrogen-bond donors (Lipinski definition) is 1. The van der Waals surface area contributed by atoms with E-state index in [1.54, 1.807) is 12.1 Å². The van der Waals surface area contributed by atoms with Crippen molar-refractivity contribution in [1.82, 2.24) is 15.5 Å². The van der Waals surface area contributed by atoms with Crippen LogP contribution in [0.15, 0.2) is 64.2 Å². The standard InChI is InChI=1S/C20H20ClN3O2S/c1-14(7-8-15-5-3-2-4-6-15)22-18(25)13-27-20-24-23-19(26-20)16-9-11-17(21)12-10-16/h2-6,9-12,14H,7-8,13H2,1H3,(H,22,25)/t14-/m1/s1. The Labute approximate surface area is 167 Å². The van der Waals surface area contributed by atoms with Crippen LogP contribution in [0, 0.1) is 0 Å². The fourth-order valence-electron chi connectivity index (χ4n) is 2.52. The van der Waals surface area contributed by atoms with Crippen molar-refractivity contribution < 1.29 is 9.21 Å². The van der Waals surface area contributed by atoms with Gasteiger partial charge in [-0.15, -0.1) is 10.2 Å². The number of thioether (sulfide) groups is 1. The number of nitrogens with one attached hydrogen (secondary N) is 1. The first-order valence-corrected chi connectivity index (χ1v) is 10.0. The minimum absolute atomic E-state index is 0.0493. The molecule has 3 aromatic rings. The van der Waals surface area contributed by atoms with Crippen LogP contribution in [-0.2, 0) is 11.2 Å². The van der Waals surface area contributed by atoms with E-state index in [4.69, 9.17) is 16.0 Å². The van der Waals surface area contributed by atoms with Gasteiger partial charge >= 0.3 is 0 Å². The summed E-state index contributed by atoms with van der Waals surface area (Å²) in [6, 6.07) is 17.5. The molecule has 1 N–H and O–H groups in total. The molecule has 2 aromatic carbocycles. The van der Waals surface area contributed by atoms with Crippen LogP contribution in [0.1, 0.15) is 18.9 Å². The van der Waals surface area contributed by atoms with E-state index in [0.29, 0.717) is 16.1 Å². The summed E-state index contributed by atoms with van der Waals surface area (Å²) in [7, 11) is 0. The highest BCUT2D eigenvalue weighted by molar-refractivity contribution is 7.99. The van der Waals surface area contributed by atoms with Gasteiger partial charge in [0.1, 0.15) is 0 Å². The zero-order valence-corrected chi connectivity index (χ0v) is 16.5. The Balaban J connectivity index is 1.43. The first-order valence-electron chi connectivity index (χ1n) is 8.65. The second kappa shape index (κ2) is 9.58. The molecule has 0 fully saturated rings. The molecule has 7 heteroatoms. The minimum Gasteiger partial charge on any atom is -0.411 e. The SMILES string of the molecule is C[C@H](CCc1ccccc1)NC(=O)CSc1nnc(-c2ccc(Cl)cc2)o1. The van der Waals surface area contributed by atoms with Crippen LogP contribution < -0.4 is 5.32 Å². The van der Waals surface area contributed by atoms with Crippen molar-refractivity contribution in [2.24, 2.45) is 0 Å². The van der Waals surface area contributed by atoms with Crippen LogP contribution in [0.3, 0.4) is 0 Å². The summed E-state index contributed by atoms with van der Waals surface area (Å²) in [5.41, 5.74) is 2.06. The largest absolute Gasteiger partial charge is 0.411 e. The molecular formula is C20H20ClN3O2S. The fourth-order valence-corrected chi connectivity index (χ4v) is 3.22. The van der Waals surface area contributed by atoms with Crippen molar-refractivity contribution in [1.29, 1.82) is 0 Å². The molecule has 3 rings (SSSR count). The summed E-state index contributed by atoms with van der Waals surface area (Å²) in [5, 5.41) is 12.0. The number of aryl methyl sites for hydroxylation is 1. The molecule has 0 aliphatic carbocycles. The van der Waals surface area contributed by atoms with Crippen molar-refractivity contribution in [2.45, 2.75) is 31.0 Å². The first-order chi connectivity index (χ1) is 13.1. The number of rotatable bonds is 8. The maximum Gasteiger partial charge on any atom is 0.277 e. The van der Waals surface area contributed by atoms with Gasteiger partial charge in [0, 0.05) is 16.6 Å². The van der Waals surface area contributed by atoms with E-state index in [-0.39, 0.29) is 17.7 Å². The van der Waals surface area contributed by atoms with E-state index in [9.17, 15) is 4.79 Å². The maximum absolute atomic E-state index is 12.1. The van der Waals surface area contributed by atoms with Crippen molar-refractivity contribution >= 4 is 29.3 Å². The average molecular weight is 402 g/mol. The number of hydrogen-bond acceptors (Lipinski definition) is 5. The number of carbonyl (C=O) groups excluding carboxylic acids is 1. The Bertz CT molecular complexity index is 868. The van der Waals surface area contributed by atoms with Crippen LogP contribution in [0.25, 0.3) is 11.5 Å². The van der Waals surface area contributed by atoms with Crippen LogP contribution in [0.5, 0.6) is 0 Å². The molecule has 0 spiro atoms. The molecule has 27 heavy (non-hydrogen) atoms. The second-order valence-corrected chi connectivity index (χ2v) is 7.52. The zero-order chi connectivity index (χ0) is 19.1. The molecule has 0 radical (unpaired) electrons. The average Bonchev–Trinajstić information content (AvgIpc) is 3.15. The van der Waals surface area contributed by atoms with E-state index in [2.05, 4.69) is 27.6 Å². The molecule has 0 aliphatic heterocycles. The summed E-state index contributed by atoms with van der Waals surface area (Å²) >= 11 is 7.10. The molecule has 5 nitrogen and oxygen atoms in total. The van der Waals surface area contributed by atoms with Crippen molar-refractivity contribution in [2.75, 3.05) is 5.75 Å². The molecule has 1 atom stereocenters. The Kier molecular flexibility index (Phi) is 6.90. The highest BCUT2D eigenvalue weighted by Gasteiger charge is 2.13. The summed E-state index contributed by atoms with van der Waals surface area (Å²) < 4.78 is 5.59. The number of halogens is 1. The van der Waals surface area contributed by atoms with Gasteiger partial charge in [0.05, 0.1) is 5.75 Å². The molecule has 0 saturated carbocycles. The van der Waals surface area contributed by atoms with Gasteiger partial charge < -0.3 is 9.73 Å². The Morgan fingerprint density at radius 2 is 1.89 bits per heavy atom. The monoisotopic (exact) mass is 401 g/mol. The quantitative estimate of drug-likeness (QED) is 0.558. The lowest BCUT2D eigenvalue weighted by atomic mass is 10.1. The van der Waals surface area contributed by atoms with E-state index < -0.39 is 0 Å². The van der Waals surface area contributed by atoms with Gasteiger partial charge in [-0.1, -0.05) is 53.7 Å². The van der Waals surface area contributed by atoms with Crippen LogP contribution in [-0.4, -0.2) is 27.9 Å². The van der Waals surface area contributed by atoms with Crippen molar-refractivity contribution in [3.05, 3.63) is 65.2 Å². The number of amides is 1. The fraction of sp³-hybridized carbons (Fsp3) is 0.250. The third-order valence-electron chi connectivity index (χ3n) is 3.94. The topological polar surface area (TPSA) is 68.0 Å². The Morgan fingerprint density at radius 1 is 1.15 bits per heavy atom. The van der Waals surface area contributed by atoms with Crippen LogP contribution >= 0.6 is 23.4 Å². The molecule has 0 saturated heterocycles. The van der Waals surface area contributed by atoms with Crippen LogP contribution in [0.4, 0.5) is 0 Å². The predicted molar refractivity (Wildman–Crippen MR) is 108 cm³/mol. The molecule has 0 unspecified atom stereocenters. The van der Waals surface area contributed by atoms with Gasteiger partial charge in [0.2, 0.25) is 11.8 Å². The second-order valence-electron chi connectivity index (χ2n) is 6.16. The maximum atomic E-state index is 12.1. The van der Waals surface area contributed by atoms with Gasteiger partial charge in [-0.2, -0.15) is 0 Å². The molecule has 0 bridgehead atoms. The molecule has 1 amide bonds. The van der Waals surface area contributed by atoms with Gasteiger partial charge in [-0.05, 0) is 49.6 Å². The molecule has 0 aliphatic rings. The van der Waals surface area contributed by atoms with E-state index in [1.165, 1.54) is 17.3 Å². The van der Waals surface area contributed by atoms with E-state index in [0.717, 1.165) is 18.4 Å². The zero-order valence-electron chi connectivity index (χ0n) is 14.9. The van der Waals surface area contributed by atoms with Gasteiger partial charge in [-0.25, -0.2) is 0 Å². The molecule has 1 heterocycles. The summed E-state index contributed by atoms with van der Waals surface area (Å²) in [5.74, 6) is 0.593. The highest BCUT2D eigenvalue weighted by atomic mass is 35.5. The van der Waals surface area contributed by atoms with Gasteiger partial charge in [0.15, 0.2) is 0 Å². The van der Waals surface area contributed by atoms with E-state index >= 15 is 0 Å². The lowest BCUT2D eigenvalue weighted by molar-refractivity contribution is -0.119. The summed E-state index contributed by atoms with van der Waals surface area (Å²) in [6.07, 6.45) is 1.82. The Morgan fingerprint density at radius 3 is 2.63 bits per heavy atom. The molecule has 1 aromatic heterocycles. The number of benzene rings is 2. The van der Waals surface area contributed by atoms with Gasteiger partial charge in [-0.3, -0.25) is 4.79 Å². The third-order valence-corrected chi connectivity index (χ3v) is 5.01. The van der Waals surface area contributed by atoms with Crippen molar-refractivity contribution in [3.63, 3.8) is 0 Å². The summed E-state index contributed by atoms with van der Waals surface area (Å²) in [4.78, 5) is 12.1. The van der Waals surface area contributed by atoms with Crippen molar-refractivity contribution in [3.8, 4) is 11.5 Å². The molecule has 140 valence electrons. The number of aromatic nitrogens is 2. The first kappa shape index (κ1) is 19.5. The summed E-state index contributed by atoms with van der Waals surface area (Å²) in [6.45, 7) is 2.01. The predicted octanol–water partition coefficient (Wildman–Crippen LogP) is 4.62. The Hall–Kier alpha value is -2.31. The number of nitrogens with zero attached hydrogens (tertiary/aromatic N) is 2. The number of carbonyl (C=O) groups is 1. The van der Waals surface area contributed by atoms with Crippen LogP contribution in [0.2, 0.25) is 5.02 Å². The lowest BCUT2D eigenvalue weighted by Crippen LogP contribution is -2.34. The van der Waals surface area contributed by atoms with E-state index in [1.807, 2.05) is 37.3 Å².